The molecule has 2 saturated heterocycles. The van der Waals surface area contributed by atoms with Crippen molar-refractivity contribution < 1.29 is 32.3 Å². The smallest absolute Gasteiger partial charge is 0.414 e. The first-order chi connectivity index (χ1) is 18.7. The second-order valence-corrected chi connectivity index (χ2v) is 13.9. The van der Waals surface area contributed by atoms with Gasteiger partial charge in [-0.1, -0.05) is 30.6 Å². The van der Waals surface area contributed by atoms with Gasteiger partial charge in [0.15, 0.2) is 17.0 Å². The summed E-state index contributed by atoms with van der Waals surface area (Å²) in [6, 6.07) is 6.04. The molecule has 1 aliphatic carbocycles. The van der Waals surface area contributed by atoms with Gasteiger partial charge in [0.2, 0.25) is 5.91 Å². The summed E-state index contributed by atoms with van der Waals surface area (Å²) < 4.78 is 35.5. The molecule has 0 bridgehead atoms. The van der Waals surface area contributed by atoms with Gasteiger partial charge in [-0.25, -0.2) is 13.2 Å². The number of carbonyl (C=O) groups is 3. The molecule has 3 aromatic rings. The van der Waals surface area contributed by atoms with Gasteiger partial charge in [-0.15, -0.1) is 11.3 Å². The van der Waals surface area contributed by atoms with Crippen molar-refractivity contribution in [1.82, 2.24) is 14.5 Å². The van der Waals surface area contributed by atoms with Crippen LogP contribution in [0, 0.1) is 5.21 Å². The molecule has 2 unspecified atom stereocenters. The highest BCUT2D eigenvalue weighted by Crippen LogP contribution is 2.39. The number of Topliss-reactive ketones (excluding diaryl/α,β-unsaturated/α-hetero) is 1. The molecule has 0 aromatic carbocycles. The molecule has 1 N–H and O–H groups in total. The van der Waals surface area contributed by atoms with Gasteiger partial charge in [0.25, 0.3) is 0 Å². The molecular formula is C25H26N4O7S3. The van der Waals surface area contributed by atoms with Crippen LogP contribution < -0.4 is 14.8 Å². The number of pyridine rings is 1. The zero-order valence-electron chi connectivity index (χ0n) is 20.8. The van der Waals surface area contributed by atoms with Crippen molar-refractivity contribution in [2.24, 2.45) is 0 Å². The van der Waals surface area contributed by atoms with E-state index in [4.69, 9.17) is 4.74 Å². The number of amides is 2. The third-order valence-electron chi connectivity index (χ3n) is 7.77. The molecule has 0 radical (unpaired) electrons. The number of aromatic nitrogens is 1. The maximum Gasteiger partial charge on any atom is 0.414 e. The fourth-order valence-electron chi connectivity index (χ4n) is 5.98. The first-order valence-corrected chi connectivity index (χ1v) is 15.8. The Morgan fingerprint density at radius 3 is 2.69 bits per heavy atom. The van der Waals surface area contributed by atoms with Gasteiger partial charge in [0.05, 0.1) is 12.6 Å². The van der Waals surface area contributed by atoms with Crippen LogP contribution in [0.5, 0.6) is 5.06 Å². The lowest BCUT2D eigenvalue weighted by Crippen LogP contribution is -2.62. The van der Waals surface area contributed by atoms with E-state index in [-0.39, 0.29) is 17.7 Å². The second kappa shape index (κ2) is 9.84. The highest BCUT2D eigenvalue weighted by Gasteiger charge is 2.57. The van der Waals surface area contributed by atoms with Crippen LogP contribution in [0.1, 0.15) is 38.5 Å². The summed E-state index contributed by atoms with van der Waals surface area (Å²) in [6.45, 7) is -0.258. The fraction of sp³-hybridized carbons (Fsp3) is 0.440. The van der Waals surface area contributed by atoms with E-state index < -0.39 is 57.0 Å². The molecule has 3 aromatic heterocycles. The molecule has 5 heterocycles. The minimum absolute atomic E-state index is 0.164. The number of nitrogens with zero attached hydrogens (tertiary/aromatic N) is 3. The first kappa shape index (κ1) is 26.2. The highest BCUT2D eigenvalue weighted by atomic mass is 32.2. The Balaban J connectivity index is 1.23. The average Bonchev–Trinajstić information content (AvgIpc) is 3.67. The summed E-state index contributed by atoms with van der Waals surface area (Å²) in [7, 11) is -4.27. The predicted molar refractivity (Wildman–Crippen MR) is 143 cm³/mol. The molecule has 3 aliphatic rings. The van der Waals surface area contributed by atoms with Gasteiger partial charge in [-0.3, -0.25) is 9.59 Å². The molecule has 11 nitrogen and oxygen atoms in total. The number of ether oxygens (including phenoxy) is 1. The van der Waals surface area contributed by atoms with Crippen LogP contribution in [0.3, 0.4) is 0 Å². The Hall–Kier alpha value is -3.07. The normalized spacial score (nSPS) is 23.2. The summed E-state index contributed by atoms with van der Waals surface area (Å²) in [4.78, 5) is 41.6. The molecule has 39 heavy (non-hydrogen) atoms. The molecule has 2 amide bonds. The zero-order valence-corrected chi connectivity index (χ0v) is 23.2. The molecule has 14 heteroatoms. The number of nitrogens with one attached hydrogen (secondary N) is 1. The van der Waals surface area contributed by atoms with Crippen LogP contribution in [-0.4, -0.2) is 66.1 Å². The summed E-state index contributed by atoms with van der Waals surface area (Å²) in [6.07, 6.45) is 3.74. The maximum absolute atomic E-state index is 14.1. The van der Waals surface area contributed by atoms with E-state index >= 15 is 0 Å². The monoisotopic (exact) mass is 590 g/mol. The van der Waals surface area contributed by atoms with Crippen LogP contribution in [0.15, 0.2) is 46.9 Å². The lowest BCUT2D eigenvalue weighted by Gasteiger charge is -2.40. The molecule has 3 fully saturated rings. The van der Waals surface area contributed by atoms with E-state index in [2.05, 4.69) is 5.32 Å². The standard InChI is InChI=1S/C25H26N4O7S3/c30-17-15-29(39(34,35)20-6-2-5-11-28(20)33)16-7-12-27(22(16)17)23(31)25(9-3-1-4-10-25)26-24(32)36-21-14-19-18(38-21)8-13-37-19/h2,5-6,8,11,13-14,16,22H,1,3-4,7,9-10,12,15H2,(H,26,32). The van der Waals surface area contributed by atoms with Gasteiger partial charge >= 0.3 is 21.1 Å². The number of ketones is 1. The third kappa shape index (κ3) is 4.48. The van der Waals surface area contributed by atoms with Crippen LogP contribution in [0.25, 0.3) is 9.40 Å². The van der Waals surface area contributed by atoms with Crippen LogP contribution in [-0.2, 0) is 19.6 Å². The van der Waals surface area contributed by atoms with Crippen molar-refractivity contribution in [2.75, 3.05) is 13.1 Å². The Kier molecular flexibility index (Phi) is 6.60. The first-order valence-electron chi connectivity index (χ1n) is 12.7. The van der Waals surface area contributed by atoms with Gasteiger partial charge in [0, 0.05) is 34.1 Å². The number of thiophene rings is 2. The Morgan fingerprint density at radius 2 is 1.95 bits per heavy atom. The Bertz CT molecular complexity index is 1530. The quantitative estimate of drug-likeness (QED) is 0.356. The zero-order chi connectivity index (χ0) is 27.4. The van der Waals surface area contributed by atoms with Crippen LogP contribution >= 0.6 is 22.7 Å². The lowest BCUT2D eigenvalue weighted by atomic mass is 9.80. The molecule has 2 atom stereocenters. The number of carbonyl (C=O) groups excluding carboxylic acids is 3. The SMILES string of the molecule is O=C(NC1(C(=O)N2CCC3C2C(=O)CN3S(=O)(=O)c2cccc[n+]2[O-])CCCCC1)Oc1cc2sccc2s1. The van der Waals surface area contributed by atoms with Crippen molar-refractivity contribution in [3.63, 3.8) is 0 Å². The topological polar surface area (TPSA) is 140 Å². The summed E-state index contributed by atoms with van der Waals surface area (Å²) in [5, 5.41) is 16.9. The van der Waals surface area contributed by atoms with E-state index in [0.717, 1.165) is 26.3 Å². The van der Waals surface area contributed by atoms with Gasteiger partial charge in [0.1, 0.15) is 11.6 Å². The maximum atomic E-state index is 14.1. The number of hydrogen-bond donors (Lipinski definition) is 1. The lowest BCUT2D eigenvalue weighted by molar-refractivity contribution is -0.646. The van der Waals surface area contributed by atoms with E-state index in [0.29, 0.717) is 30.7 Å². The van der Waals surface area contributed by atoms with Crippen molar-refractivity contribution in [1.29, 1.82) is 0 Å². The average molecular weight is 591 g/mol. The number of sulfonamides is 1. The van der Waals surface area contributed by atoms with E-state index in [1.54, 1.807) is 17.4 Å². The van der Waals surface area contributed by atoms with E-state index in [9.17, 15) is 28.0 Å². The number of fused-ring (bicyclic) bond motifs is 2. The Labute approximate surface area is 232 Å². The molecule has 2 aliphatic heterocycles. The minimum atomic E-state index is -4.27. The van der Waals surface area contributed by atoms with Gasteiger partial charge < -0.3 is 20.2 Å². The van der Waals surface area contributed by atoms with Crippen LogP contribution in [0.4, 0.5) is 4.79 Å². The highest BCUT2D eigenvalue weighted by molar-refractivity contribution is 7.89. The predicted octanol–water partition coefficient (Wildman–Crippen LogP) is 2.63. The largest absolute Gasteiger partial charge is 0.618 e. The molecule has 206 valence electrons. The number of rotatable bonds is 5. The van der Waals surface area contributed by atoms with E-state index in [1.165, 1.54) is 34.4 Å². The fourth-order valence-corrected chi connectivity index (χ4v) is 9.58. The molecule has 1 saturated carbocycles. The summed E-state index contributed by atoms with van der Waals surface area (Å²) in [5.41, 5.74) is -1.25. The number of hydrogen-bond acceptors (Lipinski definition) is 9. The molecule has 0 spiro atoms. The van der Waals surface area contributed by atoms with Crippen molar-refractivity contribution in [2.45, 2.75) is 61.2 Å². The van der Waals surface area contributed by atoms with Gasteiger partial charge in [-0.05, 0) is 36.8 Å². The third-order valence-corrected chi connectivity index (χ3v) is 11.6. The Morgan fingerprint density at radius 1 is 1.15 bits per heavy atom. The van der Waals surface area contributed by atoms with Gasteiger partial charge in [-0.2, -0.15) is 9.04 Å². The van der Waals surface area contributed by atoms with Crippen molar-refractivity contribution in [3.05, 3.63) is 47.1 Å². The minimum Gasteiger partial charge on any atom is -0.618 e. The summed E-state index contributed by atoms with van der Waals surface area (Å²) in [5.74, 6) is -0.806. The second-order valence-electron chi connectivity index (χ2n) is 10.1. The van der Waals surface area contributed by atoms with Crippen molar-refractivity contribution in [3.8, 4) is 5.06 Å². The number of likely N-dealkylation sites (tertiary alicyclic amines) is 1. The summed E-state index contributed by atoms with van der Waals surface area (Å²) >= 11 is 2.88. The molecule has 6 rings (SSSR count). The molecular weight excluding hydrogens is 564 g/mol. The van der Waals surface area contributed by atoms with Crippen molar-refractivity contribution >= 4 is 59.9 Å². The van der Waals surface area contributed by atoms with Crippen LogP contribution in [0.2, 0.25) is 0 Å². The van der Waals surface area contributed by atoms with E-state index in [1.807, 2.05) is 11.4 Å².